The summed E-state index contributed by atoms with van der Waals surface area (Å²) in [5, 5.41) is 0. The molecule has 20 heavy (non-hydrogen) atoms. The first kappa shape index (κ1) is 15.3. The molecule has 0 spiro atoms. The van der Waals surface area contributed by atoms with E-state index in [0.29, 0.717) is 24.1 Å². The molecule has 2 rings (SSSR count). The molecular weight excluding hydrogens is 300 g/mol. The van der Waals surface area contributed by atoms with Gasteiger partial charge in [0.2, 0.25) is 10.0 Å². The van der Waals surface area contributed by atoms with Crippen molar-refractivity contribution >= 4 is 25.5 Å². The number of nitrogens with one attached hydrogen (secondary N) is 1. The van der Waals surface area contributed by atoms with Gasteiger partial charge in [0.1, 0.15) is 0 Å². The van der Waals surface area contributed by atoms with E-state index >= 15 is 0 Å². The highest BCUT2D eigenvalue weighted by molar-refractivity contribution is 7.91. The van der Waals surface area contributed by atoms with Gasteiger partial charge in [0.05, 0.1) is 17.3 Å². The van der Waals surface area contributed by atoms with Crippen LogP contribution in [0.15, 0.2) is 24.3 Å². The summed E-state index contributed by atoms with van der Waals surface area (Å²) in [7, 11) is -6.70. The molecule has 0 radical (unpaired) electrons. The second-order valence-corrected chi connectivity index (χ2v) is 9.06. The summed E-state index contributed by atoms with van der Waals surface area (Å²) in [6, 6.07) is 6.10. The van der Waals surface area contributed by atoms with Gasteiger partial charge in [-0.3, -0.25) is 0 Å². The van der Waals surface area contributed by atoms with Gasteiger partial charge in [-0.1, -0.05) is 12.1 Å². The SMILES string of the molecule is Nc1cccc(CS(=O)(=O)NC2CCCS(=O)(=O)C2)c1. The van der Waals surface area contributed by atoms with E-state index < -0.39 is 25.9 Å². The van der Waals surface area contributed by atoms with Crippen LogP contribution in [0.1, 0.15) is 18.4 Å². The van der Waals surface area contributed by atoms with Crippen LogP contribution >= 0.6 is 0 Å². The fourth-order valence-corrected chi connectivity index (χ4v) is 5.47. The lowest BCUT2D eigenvalue weighted by molar-refractivity contribution is 0.517. The zero-order valence-corrected chi connectivity index (χ0v) is 12.6. The van der Waals surface area contributed by atoms with Gasteiger partial charge < -0.3 is 5.73 Å². The van der Waals surface area contributed by atoms with Crippen molar-refractivity contribution in [3.8, 4) is 0 Å². The first-order chi connectivity index (χ1) is 9.26. The van der Waals surface area contributed by atoms with E-state index in [0.717, 1.165) is 0 Å². The molecule has 0 bridgehead atoms. The minimum atomic E-state index is -3.57. The lowest BCUT2D eigenvalue weighted by Crippen LogP contribution is -2.43. The Bertz CT molecular complexity index is 683. The Morgan fingerprint density at radius 2 is 2.10 bits per heavy atom. The summed E-state index contributed by atoms with van der Waals surface area (Å²) in [5.41, 5.74) is 6.68. The van der Waals surface area contributed by atoms with Gasteiger partial charge in [-0.2, -0.15) is 0 Å². The van der Waals surface area contributed by atoms with E-state index in [-0.39, 0.29) is 17.3 Å². The van der Waals surface area contributed by atoms with E-state index in [1.807, 2.05) is 0 Å². The second-order valence-electron chi connectivity index (χ2n) is 5.08. The molecule has 1 aliphatic heterocycles. The van der Waals surface area contributed by atoms with Crippen LogP contribution in [0.3, 0.4) is 0 Å². The van der Waals surface area contributed by atoms with Gasteiger partial charge in [-0.05, 0) is 30.5 Å². The number of hydrogen-bond donors (Lipinski definition) is 2. The Balaban J connectivity index is 2.04. The van der Waals surface area contributed by atoms with Crippen molar-refractivity contribution in [2.45, 2.75) is 24.6 Å². The summed E-state index contributed by atoms with van der Waals surface area (Å²) in [5.74, 6) is -0.182. The van der Waals surface area contributed by atoms with Crippen LogP contribution in [0.4, 0.5) is 5.69 Å². The maximum atomic E-state index is 12.0. The lowest BCUT2D eigenvalue weighted by Gasteiger charge is -2.22. The molecule has 8 heteroatoms. The predicted molar refractivity (Wildman–Crippen MR) is 78.3 cm³/mol. The molecule has 1 heterocycles. The Labute approximate surface area is 119 Å². The minimum absolute atomic E-state index is 0.122. The van der Waals surface area contributed by atoms with Gasteiger partial charge in [-0.25, -0.2) is 21.6 Å². The van der Waals surface area contributed by atoms with Crippen molar-refractivity contribution in [1.82, 2.24) is 4.72 Å². The third kappa shape index (κ3) is 4.46. The average molecular weight is 318 g/mol. The number of nitrogen functional groups attached to an aromatic ring is 1. The molecule has 112 valence electrons. The van der Waals surface area contributed by atoms with Crippen LogP contribution in [0.2, 0.25) is 0 Å². The van der Waals surface area contributed by atoms with Crippen molar-refractivity contribution in [2.24, 2.45) is 0 Å². The fraction of sp³-hybridized carbons (Fsp3) is 0.500. The van der Waals surface area contributed by atoms with E-state index in [1.54, 1.807) is 24.3 Å². The number of rotatable bonds is 4. The third-order valence-corrected chi connectivity index (χ3v) is 6.34. The van der Waals surface area contributed by atoms with Crippen molar-refractivity contribution in [1.29, 1.82) is 0 Å². The van der Waals surface area contributed by atoms with Gasteiger partial charge in [0, 0.05) is 11.7 Å². The maximum absolute atomic E-state index is 12.0. The van der Waals surface area contributed by atoms with Gasteiger partial charge in [0.25, 0.3) is 0 Å². The van der Waals surface area contributed by atoms with Crippen LogP contribution < -0.4 is 10.5 Å². The number of sulfonamides is 1. The van der Waals surface area contributed by atoms with E-state index in [1.165, 1.54) is 0 Å². The Kier molecular flexibility index (Phi) is 4.36. The van der Waals surface area contributed by atoms with Crippen LogP contribution in [0.25, 0.3) is 0 Å². The molecule has 1 aromatic rings. The molecule has 3 N–H and O–H groups in total. The van der Waals surface area contributed by atoms with E-state index in [9.17, 15) is 16.8 Å². The number of anilines is 1. The van der Waals surface area contributed by atoms with E-state index in [2.05, 4.69) is 4.72 Å². The summed E-state index contributed by atoms with van der Waals surface area (Å²) < 4.78 is 49.6. The third-order valence-electron chi connectivity index (χ3n) is 3.12. The highest BCUT2D eigenvalue weighted by Crippen LogP contribution is 2.15. The van der Waals surface area contributed by atoms with Crippen molar-refractivity contribution in [3.05, 3.63) is 29.8 Å². The molecule has 1 atom stereocenters. The molecule has 6 nitrogen and oxygen atoms in total. The Morgan fingerprint density at radius 3 is 2.75 bits per heavy atom. The largest absolute Gasteiger partial charge is 0.399 e. The van der Waals surface area contributed by atoms with Gasteiger partial charge >= 0.3 is 0 Å². The summed E-state index contributed by atoms with van der Waals surface area (Å²) in [4.78, 5) is 0. The molecule has 0 saturated carbocycles. The fourth-order valence-electron chi connectivity index (χ4n) is 2.31. The maximum Gasteiger partial charge on any atom is 0.216 e. The molecule has 1 fully saturated rings. The molecule has 0 aliphatic carbocycles. The monoisotopic (exact) mass is 318 g/mol. The Morgan fingerprint density at radius 1 is 1.35 bits per heavy atom. The van der Waals surface area contributed by atoms with Gasteiger partial charge in [0.15, 0.2) is 9.84 Å². The highest BCUT2D eigenvalue weighted by Gasteiger charge is 2.28. The first-order valence-corrected chi connectivity index (χ1v) is 9.78. The topological polar surface area (TPSA) is 106 Å². The quantitative estimate of drug-likeness (QED) is 0.775. The lowest BCUT2D eigenvalue weighted by atomic mass is 10.2. The number of hydrogen-bond acceptors (Lipinski definition) is 5. The number of benzene rings is 1. The van der Waals surface area contributed by atoms with Crippen LogP contribution in [-0.4, -0.2) is 34.4 Å². The van der Waals surface area contributed by atoms with Crippen LogP contribution in [0.5, 0.6) is 0 Å². The molecule has 1 aromatic carbocycles. The molecule has 0 amide bonds. The summed E-state index contributed by atoms with van der Waals surface area (Å²) in [6.07, 6.45) is 1.04. The highest BCUT2D eigenvalue weighted by atomic mass is 32.2. The molecule has 0 aromatic heterocycles. The minimum Gasteiger partial charge on any atom is -0.399 e. The number of sulfone groups is 1. The molecule has 1 saturated heterocycles. The summed E-state index contributed by atoms with van der Waals surface area (Å²) in [6.45, 7) is 0. The molecular formula is C12H18N2O4S2. The normalized spacial score (nSPS) is 22.5. The van der Waals surface area contributed by atoms with Gasteiger partial charge in [-0.15, -0.1) is 0 Å². The van der Waals surface area contributed by atoms with Crippen molar-refractivity contribution in [3.63, 3.8) is 0 Å². The van der Waals surface area contributed by atoms with E-state index in [4.69, 9.17) is 5.73 Å². The second kappa shape index (κ2) is 5.71. The first-order valence-electron chi connectivity index (χ1n) is 6.31. The summed E-state index contributed by atoms with van der Waals surface area (Å²) >= 11 is 0. The number of nitrogens with two attached hydrogens (primary N) is 1. The zero-order chi connectivity index (χ0) is 14.8. The Hall–Kier alpha value is -1.12. The predicted octanol–water partition coefficient (Wildman–Crippen LogP) is 0.265. The smallest absolute Gasteiger partial charge is 0.216 e. The zero-order valence-electron chi connectivity index (χ0n) is 10.9. The van der Waals surface area contributed by atoms with Crippen LogP contribution in [0, 0.1) is 0 Å². The van der Waals surface area contributed by atoms with Crippen molar-refractivity contribution < 1.29 is 16.8 Å². The van der Waals surface area contributed by atoms with Crippen LogP contribution in [-0.2, 0) is 25.6 Å². The molecule has 1 unspecified atom stereocenters. The average Bonchev–Trinajstić information content (AvgIpc) is 2.25. The van der Waals surface area contributed by atoms with Crippen molar-refractivity contribution in [2.75, 3.05) is 17.2 Å². The molecule has 1 aliphatic rings. The standard InChI is InChI=1S/C12H18N2O4S2/c13-11-4-1-3-10(7-11)8-20(17,18)14-12-5-2-6-19(15,16)9-12/h1,3-4,7,12,14H,2,5-6,8-9,13H2.